The summed E-state index contributed by atoms with van der Waals surface area (Å²) in [6.45, 7) is 4.79. The van der Waals surface area contributed by atoms with Crippen LogP contribution in [0.15, 0.2) is 12.4 Å². The van der Waals surface area contributed by atoms with Crippen molar-refractivity contribution in [1.82, 2.24) is 9.78 Å². The van der Waals surface area contributed by atoms with Crippen molar-refractivity contribution in [3.63, 3.8) is 0 Å². The Labute approximate surface area is 185 Å². The molecule has 1 N–H and O–H groups in total. The quantitative estimate of drug-likeness (QED) is 0.793. The predicted molar refractivity (Wildman–Crippen MR) is 116 cm³/mol. The maximum Gasteiger partial charge on any atom is 0.157 e. The zero-order chi connectivity index (χ0) is 21.5. The number of nitrogens with zero attached hydrogens (tertiary/aromatic N) is 3. The van der Waals surface area contributed by atoms with Gasteiger partial charge in [0, 0.05) is 12.1 Å². The summed E-state index contributed by atoms with van der Waals surface area (Å²) in [6, 6.07) is 2.10. The third kappa shape index (κ3) is 2.90. The van der Waals surface area contributed by atoms with Crippen molar-refractivity contribution in [3.05, 3.63) is 18.0 Å². The van der Waals surface area contributed by atoms with Gasteiger partial charge in [0.15, 0.2) is 5.78 Å². The molecule has 0 bridgehead atoms. The summed E-state index contributed by atoms with van der Waals surface area (Å²) in [5.41, 5.74) is 0.217. The van der Waals surface area contributed by atoms with Gasteiger partial charge in [0.25, 0.3) is 0 Å². The molecule has 31 heavy (non-hydrogen) atoms. The molecule has 5 heteroatoms. The minimum atomic E-state index is -0.426. The van der Waals surface area contributed by atoms with Gasteiger partial charge in [-0.15, -0.1) is 0 Å². The second kappa shape index (κ2) is 6.67. The van der Waals surface area contributed by atoms with Crippen LogP contribution in [0.3, 0.4) is 0 Å². The van der Waals surface area contributed by atoms with Crippen LogP contribution in [0.1, 0.15) is 70.8 Å². The van der Waals surface area contributed by atoms with Gasteiger partial charge in [0.1, 0.15) is 6.07 Å². The van der Waals surface area contributed by atoms with Crippen molar-refractivity contribution in [2.75, 3.05) is 0 Å². The monoisotopic (exact) mass is 421 g/mol. The smallest absolute Gasteiger partial charge is 0.157 e. The van der Waals surface area contributed by atoms with E-state index < -0.39 is 5.60 Å². The molecule has 5 fully saturated rings. The lowest BCUT2D eigenvalue weighted by molar-refractivity contribution is -0.133. The summed E-state index contributed by atoms with van der Waals surface area (Å²) >= 11 is 0. The minimum absolute atomic E-state index is 0.124. The number of hydrogen-bond donors (Lipinski definition) is 1. The maximum atomic E-state index is 13.3. The van der Waals surface area contributed by atoms with Crippen LogP contribution in [0.4, 0.5) is 0 Å². The summed E-state index contributed by atoms with van der Waals surface area (Å²) in [5.74, 6) is 5.57. The Morgan fingerprint density at radius 2 is 2.03 bits per heavy atom. The number of aliphatic hydroxyl groups is 1. The van der Waals surface area contributed by atoms with Crippen molar-refractivity contribution in [1.29, 1.82) is 5.26 Å². The van der Waals surface area contributed by atoms with E-state index in [9.17, 15) is 9.90 Å². The highest BCUT2D eigenvalue weighted by molar-refractivity contribution is 5.82. The summed E-state index contributed by atoms with van der Waals surface area (Å²) in [6.07, 6.45) is 12.7. The lowest BCUT2D eigenvalue weighted by Crippen LogP contribution is -2.52. The average molecular weight is 422 g/mol. The number of nitriles is 1. The molecule has 10 atom stereocenters. The topological polar surface area (TPSA) is 78.9 Å². The van der Waals surface area contributed by atoms with Gasteiger partial charge in [-0.1, -0.05) is 6.92 Å². The molecule has 5 aliphatic rings. The van der Waals surface area contributed by atoms with Gasteiger partial charge < -0.3 is 5.11 Å². The molecule has 1 heterocycles. The van der Waals surface area contributed by atoms with Crippen LogP contribution in [0.25, 0.3) is 0 Å². The van der Waals surface area contributed by atoms with Gasteiger partial charge in [-0.05, 0) is 105 Å². The highest BCUT2D eigenvalue weighted by atomic mass is 16.3. The maximum absolute atomic E-state index is 13.3. The Kier molecular flexibility index (Phi) is 4.30. The largest absolute Gasteiger partial charge is 0.390 e. The fourth-order valence-electron chi connectivity index (χ4n) is 9.41. The standard InChI is InChI=1S/C26H35N3O2/c1-25-8-7-18-17(4-3-16-10-26(2,31)22-9-19(22)24(16)18)20(25)5-6-21(25)23(30)14-29-13-15(11-27)12-28-29/h12-13,16-22,24,31H,3-10,14H2,1-2H3/t16-,17-,18+,19?,20+,21?,22?,24+,25+,26+/m1/s1. The van der Waals surface area contributed by atoms with E-state index >= 15 is 0 Å². The fourth-order valence-corrected chi connectivity index (χ4v) is 9.41. The van der Waals surface area contributed by atoms with Gasteiger partial charge >= 0.3 is 0 Å². The summed E-state index contributed by atoms with van der Waals surface area (Å²) in [7, 11) is 0. The van der Waals surface area contributed by atoms with Gasteiger partial charge in [-0.2, -0.15) is 10.4 Å². The molecule has 166 valence electrons. The summed E-state index contributed by atoms with van der Waals surface area (Å²) in [4.78, 5) is 13.3. The third-order valence-corrected chi connectivity index (χ3v) is 10.7. The van der Waals surface area contributed by atoms with Crippen LogP contribution in [0.2, 0.25) is 0 Å². The van der Waals surface area contributed by atoms with E-state index in [0.29, 0.717) is 29.7 Å². The number of fused-ring (bicyclic) bond motifs is 7. The van der Waals surface area contributed by atoms with Gasteiger partial charge in [-0.3, -0.25) is 9.48 Å². The van der Waals surface area contributed by atoms with Crippen molar-refractivity contribution in [2.24, 2.45) is 52.8 Å². The number of ketones is 1. The second-order valence-electron chi connectivity index (χ2n) is 12.1. The molecular formula is C26H35N3O2. The lowest BCUT2D eigenvalue weighted by atomic mass is 9.49. The molecule has 0 radical (unpaired) electrons. The molecule has 5 nitrogen and oxygen atoms in total. The molecule has 0 aromatic carbocycles. The first kappa shape index (κ1) is 20.0. The molecule has 6 rings (SSSR count). The van der Waals surface area contributed by atoms with E-state index in [-0.39, 0.29) is 11.3 Å². The number of rotatable bonds is 3. The second-order valence-corrected chi connectivity index (χ2v) is 12.1. The molecule has 1 aromatic heterocycles. The van der Waals surface area contributed by atoms with E-state index in [2.05, 4.69) is 25.0 Å². The van der Waals surface area contributed by atoms with E-state index in [1.165, 1.54) is 38.5 Å². The number of carbonyl (C=O) groups excluding carboxylic acids is 1. The zero-order valence-corrected chi connectivity index (χ0v) is 18.8. The summed E-state index contributed by atoms with van der Waals surface area (Å²) < 4.78 is 1.65. The molecule has 0 amide bonds. The Hall–Kier alpha value is -1.67. The molecule has 5 saturated carbocycles. The van der Waals surface area contributed by atoms with Crippen LogP contribution in [-0.2, 0) is 11.3 Å². The first-order valence-corrected chi connectivity index (χ1v) is 12.5. The molecule has 0 aliphatic heterocycles. The highest BCUT2D eigenvalue weighted by Gasteiger charge is 2.65. The lowest BCUT2D eigenvalue weighted by Gasteiger charge is -2.56. The Morgan fingerprint density at radius 1 is 1.19 bits per heavy atom. The molecular weight excluding hydrogens is 386 g/mol. The Morgan fingerprint density at radius 3 is 2.81 bits per heavy atom. The van der Waals surface area contributed by atoms with Crippen molar-refractivity contribution in [3.8, 4) is 6.07 Å². The highest BCUT2D eigenvalue weighted by Crippen LogP contribution is 2.70. The van der Waals surface area contributed by atoms with Crippen LogP contribution in [0, 0.1) is 64.1 Å². The number of hydrogen-bond acceptors (Lipinski definition) is 4. The summed E-state index contributed by atoms with van der Waals surface area (Å²) in [5, 5.41) is 24.1. The van der Waals surface area contributed by atoms with Crippen molar-refractivity contribution < 1.29 is 9.90 Å². The first-order chi connectivity index (χ1) is 14.8. The number of aromatic nitrogens is 2. The normalized spacial score (nSPS) is 49.9. The van der Waals surface area contributed by atoms with E-state index in [0.717, 1.165) is 42.4 Å². The van der Waals surface area contributed by atoms with Crippen LogP contribution in [-0.4, -0.2) is 26.3 Å². The predicted octanol–water partition coefficient (Wildman–Crippen LogP) is 4.20. The van der Waals surface area contributed by atoms with E-state index in [1.807, 2.05) is 0 Å². The molecule has 5 aliphatic carbocycles. The minimum Gasteiger partial charge on any atom is -0.390 e. The van der Waals surface area contributed by atoms with Crippen LogP contribution >= 0.6 is 0 Å². The van der Waals surface area contributed by atoms with Crippen LogP contribution < -0.4 is 0 Å². The van der Waals surface area contributed by atoms with Crippen molar-refractivity contribution >= 4 is 5.78 Å². The first-order valence-electron chi connectivity index (χ1n) is 12.5. The average Bonchev–Trinajstić information content (AvgIpc) is 3.29. The Bertz CT molecular complexity index is 945. The number of carbonyl (C=O) groups is 1. The molecule has 1 aromatic rings. The van der Waals surface area contributed by atoms with Gasteiger partial charge in [0.05, 0.1) is 23.9 Å². The van der Waals surface area contributed by atoms with Gasteiger partial charge in [-0.25, -0.2) is 0 Å². The number of Topliss-reactive ketones (excluding diaryl/α,β-unsaturated/α-hetero) is 1. The van der Waals surface area contributed by atoms with Gasteiger partial charge in [0.2, 0.25) is 0 Å². The van der Waals surface area contributed by atoms with Crippen molar-refractivity contribution in [2.45, 2.75) is 77.4 Å². The Balaban J connectivity index is 1.20. The molecule has 0 spiro atoms. The third-order valence-electron chi connectivity index (χ3n) is 10.7. The fraction of sp³-hybridized carbons (Fsp3) is 0.808. The SMILES string of the molecule is C[C@]1(O)C[C@H]2CC[C@@H]3[C@H](CC[C@]4(C)C(C(=O)Cn5cc(C#N)cn5)CC[C@@H]34)[C@H]2C2CC21. The van der Waals surface area contributed by atoms with Crippen LogP contribution in [0.5, 0.6) is 0 Å². The zero-order valence-electron chi connectivity index (χ0n) is 18.8. The molecule has 0 saturated heterocycles. The van der Waals surface area contributed by atoms with E-state index in [1.54, 1.807) is 17.1 Å². The van der Waals surface area contributed by atoms with E-state index in [4.69, 9.17) is 5.26 Å². The molecule has 3 unspecified atom stereocenters.